The van der Waals surface area contributed by atoms with Gasteiger partial charge in [0.15, 0.2) is 0 Å². The molecule has 0 saturated heterocycles. The predicted molar refractivity (Wildman–Crippen MR) is 121 cm³/mol. The second-order valence-electron chi connectivity index (χ2n) is 12.2. The Kier molecular flexibility index (Phi) is 6.01. The molecule has 2 nitrogen and oxygen atoms in total. The molecule has 0 spiro atoms. The maximum atomic E-state index is 10.2. The van der Waals surface area contributed by atoms with Gasteiger partial charge in [-0.25, -0.2) is 0 Å². The Bertz CT molecular complexity index is 622. The van der Waals surface area contributed by atoms with Gasteiger partial charge in [-0.05, 0) is 113 Å². The van der Waals surface area contributed by atoms with Crippen molar-refractivity contribution in [2.45, 2.75) is 116 Å². The molecule has 166 valence electrons. The van der Waals surface area contributed by atoms with Gasteiger partial charge in [-0.3, -0.25) is 0 Å². The molecule has 3 fully saturated rings. The van der Waals surface area contributed by atoms with Crippen LogP contribution in [0, 0.1) is 34.5 Å². The second kappa shape index (κ2) is 7.97. The van der Waals surface area contributed by atoms with E-state index in [1.165, 1.54) is 64.2 Å². The summed E-state index contributed by atoms with van der Waals surface area (Å²) in [6.07, 6.45) is 18.0. The lowest BCUT2D eigenvalue weighted by Crippen LogP contribution is -2.50. The first-order valence-electron chi connectivity index (χ1n) is 12.6. The highest BCUT2D eigenvalue weighted by molar-refractivity contribution is 5.25. The van der Waals surface area contributed by atoms with Gasteiger partial charge in [0.25, 0.3) is 0 Å². The van der Waals surface area contributed by atoms with E-state index in [-0.39, 0.29) is 11.7 Å². The maximum Gasteiger partial charge on any atom is 0.0622 e. The Hall–Kier alpha value is -0.340. The van der Waals surface area contributed by atoms with Gasteiger partial charge in [0, 0.05) is 7.11 Å². The SMILES string of the molecule is COC(C)(C)CCCCC1CCC2C3CC=C4CC(O)CCC4(C)C3CCC12C. The molecule has 0 aliphatic heterocycles. The van der Waals surface area contributed by atoms with Crippen molar-refractivity contribution < 1.29 is 9.84 Å². The van der Waals surface area contributed by atoms with Crippen LogP contribution in [0.4, 0.5) is 0 Å². The van der Waals surface area contributed by atoms with Gasteiger partial charge >= 0.3 is 0 Å². The van der Waals surface area contributed by atoms with Gasteiger partial charge in [-0.15, -0.1) is 0 Å². The van der Waals surface area contributed by atoms with E-state index in [0.717, 1.165) is 36.5 Å². The first kappa shape index (κ1) is 21.9. The largest absolute Gasteiger partial charge is 0.393 e. The summed E-state index contributed by atoms with van der Waals surface area (Å²) in [5, 5.41) is 10.2. The molecule has 4 rings (SSSR count). The maximum absolute atomic E-state index is 10.2. The normalized spacial score (nSPS) is 44.6. The van der Waals surface area contributed by atoms with E-state index in [4.69, 9.17) is 4.74 Å². The van der Waals surface area contributed by atoms with Gasteiger partial charge in [0.05, 0.1) is 11.7 Å². The Balaban J connectivity index is 1.41. The number of methoxy groups -OCH3 is 1. The summed E-state index contributed by atoms with van der Waals surface area (Å²) >= 11 is 0. The third-order valence-electron chi connectivity index (χ3n) is 10.4. The van der Waals surface area contributed by atoms with Crippen LogP contribution in [0.25, 0.3) is 0 Å². The number of rotatable bonds is 6. The minimum absolute atomic E-state index is 0.0370. The molecule has 0 aromatic rings. The summed E-state index contributed by atoms with van der Waals surface area (Å²) in [7, 11) is 1.85. The number of hydrogen-bond acceptors (Lipinski definition) is 2. The van der Waals surface area contributed by atoms with Crippen LogP contribution < -0.4 is 0 Å². The zero-order valence-electron chi connectivity index (χ0n) is 19.8. The lowest BCUT2D eigenvalue weighted by atomic mass is 9.47. The van der Waals surface area contributed by atoms with Crippen LogP contribution in [0.2, 0.25) is 0 Å². The molecular weight excluding hydrogens is 356 g/mol. The monoisotopic (exact) mass is 402 g/mol. The molecule has 2 heteroatoms. The Labute approximate surface area is 179 Å². The Morgan fingerprint density at radius 2 is 1.86 bits per heavy atom. The number of hydrogen-bond donors (Lipinski definition) is 1. The highest BCUT2D eigenvalue weighted by Crippen LogP contribution is 2.66. The molecular formula is C27H46O2. The fourth-order valence-electron chi connectivity index (χ4n) is 8.27. The summed E-state index contributed by atoms with van der Waals surface area (Å²) in [5.41, 5.74) is 2.60. The van der Waals surface area contributed by atoms with Gasteiger partial charge < -0.3 is 9.84 Å². The summed E-state index contributed by atoms with van der Waals surface area (Å²) in [6.45, 7) is 9.65. The van der Waals surface area contributed by atoms with Gasteiger partial charge in [0.1, 0.15) is 0 Å². The van der Waals surface area contributed by atoms with Gasteiger partial charge in [-0.1, -0.05) is 38.3 Å². The Morgan fingerprint density at radius 3 is 2.62 bits per heavy atom. The first-order chi connectivity index (χ1) is 13.7. The van der Waals surface area contributed by atoms with Crippen molar-refractivity contribution in [3.05, 3.63) is 11.6 Å². The minimum Gasteiger partial charge on any atom is -0.393 e. The molecule has 0 bridgehead atoms. The average Bonchev–Trinajstić information content (AvgIpc) is 3.02. The number of aliphatic hydroxyl groups excluding tert-OH is 1. The molecule has 4 aliphatic carbocycles. The number of aliphatic hydroxyl groups is 1. The molecule has 0 aromatic heterocycles. The number of unbranched alkanes of at least 4 members (excludes halogenated alkanes) is 1. The summed E-state index contributed by atoms with van der Waals surface area (Å²) < 4.78 is 5.61. The first-order valence-corrected chi connectivity index (χ1v) is 12.6. The van der Waals surface area contributed by atoms with E-state index in [2.05, 4.69) is 33.8 Å². The van der Waals surface area contributed by atoms with E-state index in [9.17, 15) is 5.11 Å². The van der Waals surface area contributed by atoms with Crippen LogP contribution in [-0.2, 0) is 4.74 Å². The molecule has 4 aliphatic rings. The van der Waals surface area contributed by atoms with Crippen LogP contribution in [0.15, 0.2) is 11.6 Å². The minimum atomic E-state index is -0.0846. The fraction of sp³-hybridized carbons (Fsp3) is 0.926. The van der Waals surface area contributed by atoms with E-state index in [1.807, 2.05) is 7.11 Å². The molecule has 7 atom stereocenters. The molecule has 1 N–H and O–H groups in total. The Morgan fingerprint density at radius 1 is 1.07 bits per heavy atom. The van der Waals surface area contributed by atoms with E-state index in [1.54, 1.807) is 5.57 Å². The van der Waals surface area contributed by atoms with Crippen molar-refractivity contribution in [3.8, 4) is 0 Å². The number of fused-ring (bicyclic) bond motifs is 5. The number of allylic oxidation sites excluding steroid dienone is 1. The smallest absolute Gasteiger partial charge is 0.0622 e. The van der Waals surface area contributed by atoms with Crippen molar-refractivity contribution >= 4 is 0 Å². The lowest BCUT2D eigenvalue weighted by molar-refractivity contribution is -0.0511. The number of ether oxygens (including phenoxy) is 1. The highest BCUT2D eigenvalue weighted by Gasteiger charge is 2.58. The standard InChI is InChI=1S/C27H46O2/c1-25(2,29-5)15-7-6-8-19-10-12-23-22-11-9-20-18-21(28)13-16-27(20,4)24(22)14-17-26(19,23)3/h9,19,21-24,28H,6-8,10-18H2,1-5H3. The molecule has 0 aromatic carbocycles. The summed E-state index contributed by atoms with van der Waals surface area (Å²) in [5.74, 6) is 3.64. The third-order valence-corrected chi connectivity index (χ3v) is 10.4. The fourth-order valence-corrected chi connectivity index (χ4v) is 8.27. The predicted octanol–water partition coefficient (Wildman–Crippen LogP) is 6.91. The van der Waals surface area contributed by atoms with Crippen molar-refractivity contribution in [3.63, 3.8) is 0 Å². The van der Waals surface area contributed by atoms with Crippen molar-refractivity contribution in [1.82, 2.24) is 0 Å². The van der Waals surface area contributed by atoms with Crippen LogP contribution in [0.3, 0.4) is 0 Å². The van der Waals surface area contributed by atoms with Gasteiger partial charge in [0.2, 0.25) is 0 Å². The lowest BCUT2D eigenvalue weighted by Gasteiger charge is -2.58. The zero-order chi connectivity index (χ0) is 20.9. The van der Waals surface area contributed by atoms with Crippen molar-refractivity contribution in [2.24, 2.45) is 34.5 Å². The van der Waals surface area contributed by atoms with E-state index < -0.39 is 0 Å². The molecule has 0 heterocycles. The molecule has 7 unspecified atom stereocenters. The molecule has 0 radical (unpaired) electrons. The van der Waals surface area contributed by atoms with E-state index >= 15 is 0 Å². The summed E-state index contributed by atoms with van der Waals surface area (Å²) in [4.78, 5) is 0. The van der Waals surface area contributed by atoms with Crippen LogP contribution >= 0.6 is 0 Å². The van der Waals surface area contributed by atoms with Gasteiger partial charge in [-0.2, -0.15) is 0 Å². The zero-order valence-corrected chi connectivity index (χ0v) is 19.8. The van der Waals surface area contributed by atoms with Crippen LogP contribution in [0.1, 0.15) is 105 Å². The van der Waals surface area contributed by atoms with E-state index in [0.29, 0.717) is 10.8 Å². The summed E-state index contributed by atoms with van der Waals surface area (Å²) in [6, 6.07) is 0. The average molecular weight is 403 g/mol. The van der Waals surface area contributed by atoms with Crippen molar-refractivity contribution in [2.75, 3.05) is 7.11 Å². The van der Waals surface area contributed by atoms with Crippen LogP contribution in [0.5, 0.6) is 0 Å². The second-order valence-corrected chi connectivity index (χ2v) is 12.2. The van der Waals surface area contributed by atoms with Crippen LogP contribution in [-0.4, -0.2) is 23.9 Å². The quantitative estimate of drug-likeness (QED) is 0.386. The molecule has 29 heavy (non-hydrogen) atoms. The molecule has 3 saturated carbocycles. The third kappa shape index (κ3) is 3.86. The topological polar surface area (TPSA) is 29.5 Å². The van der Waals surface area contributed by atoms with Crippen molar-refractivity contribution in [1.29, 1.82) is 0 Å². The highest BCUT2D eigenvalue weighted by atomic mass is 16.5. The molecule has 0 amide bonds.